The number of carbonyl (C=O) groups is 2. The van der Waals surface area contributed by atoms with E-state index in [0.717, 1.165) is 31.4 Å². The number of amides is 1. The second-order valence-electron chi connectivity index (χ2n) is 7.62. The third-order valence-electron chi connectivity index (χ3n) is 5.59. The maximum absolute atomic E-state index is 12.8. The van der Waals surface area contributed by atoms with Gasteiger partial charge in [0.15, 0.2) is 0 Å². The molecular formula is C21H25F3N2O5. The van der Waals surface area contributed by atoms with E-state index < -0.39 is 12.1 Å². The van der Waals surface area contributed by atoms with Gasteiger partial charge in [-0.1, -0.05) is 18.2 Å². The van der Waals surface area contributed by atoms with Crippen molar-refractivity contribution < 1.29 is 37.3 Å². The molecule has 1 saturated heterocycles. The van der Waals surface area contributed by atoms with Gasteiger partial charge in [0.05, 0.1) is 31.1 Å². The van der Waals surface area contributed by atoms with Gasteiger partial charge in [-0.15, -0.1) is 0 Å². The fourth-order valence-corrected chi connectivity index (χ4v) is 4.10. The Morgan fingerprint density at radius 2 is 1.94 bits per heavy atom. The summed E-state index contributed by atoms with van der Waals surface area (Å²) in [7, 11) is 0. The minimum Gasteiger partial charge on any atom is -0.475 e. The summed E-state index contributed by atoms with van der Waals surface area (Å²) in [6, 6.07) is 6.01. The quantitative estimate of drug-likeness (QED) is 0.722. The van der Waals surface area contributed by atoms with Crippen LogP contribution in [0.5, 0.6) is 0 Å². The molecule has 0 unspecified atom stereocenters. The monoisotopic (exact) mass is 442 g/mol. The number of morpholine rings is 1. The van der Waals surface area contributed by atoms with Gasteiger partial charge in [-0.3, -0.25) is 9.78 Å². The molecule has 1 N–H and O–H groups in total. The lowest BCUT2D eigenvalue weighted by molar-refractivity contribution is -0.192. The van der Waals surface area contributed by atoms with Gasteiger partial charge in [0.25, 0.3) is 0 Å². The molecular weight excluding hydrogens is 417 g/mol. The number of ether oxygens (including phenoxy) is 2. The number of carbonyl (C=O) groups excluding carboxylic acids is 1. The number of fused-ring (bicyclic) bond motifs is 1. The summed E-state index contributed by atoms with van der Waals surface area (Å²) in [6.07, 6.45) is 4.65. The molecule has 7 nitrogen and oxygen atoms in total. The minimum atomic E-state index is -5.08. The van der Waals surface area contributed by atoms with E-state index in [-0.39, 0.29) is 24.2 Å². The fraction of sp³-hybridized carbons (Fsp3) is 0.571. The molecule has 0 spiro atoms. The highest BCUT2D eigenvalue weighted by Gasteiger charge is 2.46. The lowest BCUT2D eigenvalue weighted by atomic mass is 10.0. The average molecular weight is 442 g/mol. The lowest BCUT2D eigenvalue weighted by Gasteiger charge is -2.40. The third-order valence-corrected chi connectivity index (χ3v) is 5.59. The topological polar surface area (TPSA) is 89.0 Å². The molecule has 3 atom stereocenters. The number of halogens is 3. The lowest BCUT2D eigenvalue weighted by Crippen LogP contribution is -2.55. The van der Waals surface area contributed by atoms with Crippen molar-refractivity contribution in [2.45, 2.75) is 56.7 Å². The molecule has 170 valence electrons. The van der Waals surface area contributed by atoms with Crippen LogP contribution in [0.2, 0.25) is 0 Å². The van der Waals surface area contributed by atoms with E-state index in [9.17, 15) is 18.0 Å². The van der Waals surface area contributed by atoms with Crippen LogP contribution in [0.1, 0.15) is 31.4 Å². The second kappa shape index (κ2) is 10.2. The molecule has 10 heteroatoms. The van der Waals surface area contributed by atoms with Crippen LogP contribution in [0.25, 0.3) is 0 Å². The summed E-state index contributed by atoms with van der Waals surface area (Å²) in [5.74, 6) is -2.33. The smallest absolute Gasteiger partial charge is 0.475 e. The first-order valence-electron chi connectivity index (χ1n) is 10.2. The Morgan fingerprint density at radius 3 is 2.55 bits per heavy atom. The molecule has 1 aromatic rings. The van der Waals surface area contributed by atoms with Crippen molar-refractivity contribution in [1.82, 2.24) is 9.88 Å². The van der Waals surface area contributed by atoms with Crippen LogP contribution in [-0.2, 0) is 25.7 Å². The van der Waals surface area contributed by atoms with E-state index in [2.05, 4.69) is 22.0 Å². The molecule has 4 rings (SSSR count). The van der Waals surface area contributed by atoms with Crippen LogP contribution < -0.4 is 0 Å². The first-order chi connectivity index (χ1) is 14.8. The zero-order valence-corrected chi connectivity index (χ0v) is 16.8. The van der Waals surface area contributed by atoms with Gasteiger partial charge in [-0.2, -0.15) is 13.2 Å². The maximum atomic E-state index is 12.8. The van der Waals surface area contributed by atoms with Gasteiger partial charge < -0.3 is 19.5 Å². The standard InChI is InChI=1S/C19H24N2O3.C2HF3O2/c22-19(14-5-1-2-6-14)21-11-12-23-18-16(21)8-9-17(18)24-13-15-7-3-4-10-20-15;3-2(4,5)1(6)7/h1-4,7,10,14,16-18H,5-6,8-9,11-13H2;(H,6,7)/t16-,17+,18+;/m0./s1. The Balaban J connectivity index is 0.000000339. The van der Waals surface area contributed by atoms with E-state index in [4.69, 9.17) is 19.4 Å². The number of carboxylic acid groups (broad SMARTS) is 1. The Morgan fingerprint density at radius 1 is 1.23 bits per heavy atom. The fourth-order valence-electron chi connectivity index (χ4n) is 4.10. The highest BCUT2D eigenvalue weighted by atomic mass is 19.4. The number of pyridine rings is 1. The number of carboxylic acids is 1. The van der Waals surface area contributed by atoms with Crippen LogP contribution in [0.15, 0.2) is 36.5 Å². The summed E-state index contributed by atoms with van der Waals surface area (Å²) in [5, 5.41) is 7.12. The summed E-state index contributed by atoms with van der Waals surface area (Å²) >= 11 is 0. The van der Waals surface area contributed by atoms with Crippen molar-refractivity contribution in [1.29, 1.82) is 0 Å². The molecule has 2 aliphatic carbocycles. The van der Waals surface area contributed by atoms with Crippen LogP contribution in [0.4, 0.5) is 13.2 Å². The normalized spacial score (nSPS) is 25.6. The van der Waals surface area contributed by atoms with Gasteiger partial charge in [0.1, 0.15) is 6.10 Å². The minimum absolute atomic E-state index is 0.000717. The summed E-state index contributed by atoms with van der Waals surface area (Å²) in [5.41, 5.74) is 0.932. The van der Waals surface area contributed by atoms with E-state index >= 15 is 0 Å². The molecule has 1 saturated carbocycles. The predicted molar refractivity (Wildman–Crippen MR) is 103 cm³/mol. The maximum Gasteiger partial charge on any atom is 0.490 e. The molecule has 1 amide bonds. The molecule has 1 aromatic heterocycles. The van der Waals surface area contributed by atoms with E-state index in [1.54, 1.807) is 6.20 Å². The van der Waals surface area contributed by atoms with Gasteiger partial charge in [-0.05, 0) is 37.8 Å². The van der Waals surface area contributed by atoms with Crippen molar-refractivity contribution in [3.8, 4) is 0 Å². The number of allylic oxidation sites excluding steroid dienone is 2. The van der Waals surface area contributed by atoms with Crippen molar-refractivity contribution in [3.63, 3.8) is 0 Å². The van der Waals surface area contributed by atoms with Gasteiger partial charge in [0.2, 0.25) is 5.91 Å². The average Bonchev–Trinajstić information content (AvgIpc) is 3.42. The van der Waals surface area contributed by atoms with Gasteiger partial charge in [0, 0.05) is 18.7 Å². The molecule has 2 heterocycles. The number of rotatable bonds is 4. The SMILES string of the molecule is O=C(C1CC=CC1)N1CCO[C@H]2[C@H](OCc3ccccn3)CC[C@@H]21.O=C(O)C(F)(F)F. The molecule has 0 bridgehead atoms. The second-order valence-corrected chi connectivity index (χ2v) is 7.62. The Kier molecular flexibility index (Phi) is 7.66. The molecule has 0 aromatic carbocycles. The first kappa shape index (κ1) is 23.2. The highest BCUT2D eigenvalue weighted by Crippen LogP contribution is 2.34. The van der Waals surface area contributed by atoms with Gasteiger partial charge >= 0.3 is 12.1 Å². The van der Waals surface area contributed by atoms with Crippen molar-refractivity contribution >= 4 is 11.9 Å². The van der Waals surface area contributed by atoms with Crippen LogP contribution in [-0.4, -0.2) is 64.4 Å². The van der Waals surface area contributed by atoms with Crippen LogP contribution in [0.3, 0.4) is 0 Å². The highest BCUT2D eigenvalue weighted by molar-refractivity contribution is 5.80. The molecule has 31 heavy (non-hydrogen) atoms. The van der Waals surface area contributed by atoms with Crippen LogP contribution in [0, 0.1) is 5.92 Å². The molecule has 1 aliphatic heterocycles. The summed E-state index contributed by atoms with van der Waals surface area (Å²) < 4.78 is 43.8. The van der Waals surface area contributed by atoms with Crippen molar-refractivity contribution in [2.24, 2.45) is 5.92 Å². The van der Waals surface area contributed by atoms with E-state index in [1.165, 1.54) is 0 Å². The number of alkyl halides is 3. The number of nitrogens with zero attached hydrogens (tertiary/aromatic N) is 2. The number of aliphatic carboxylic acids is 1. The van der Waals surface area contributed by atoms with Crippen molar-refractivity contribution in [3.05, 3.63) is 42.2 Å². The van der Waals surface area contributed by atoms with E-state index in [1.807, 2.05) is 18.2 Å². The third kappa shape index (κ3) is 6.04. The Hall–Kier alpha value is -2.46. The zero-order valence-electron chi connectivity index (χ0n) is 16.8. The molecule has 2 fully saturated rings. The van der Waals surface area contributed by atoms with E-state index in [0.29, 0.717) is 25.7 Å². The Labute approximate surface area is 177 Å². The Bertz CT molecular complexity index is 779. The number of hydrogen-bond acceptors (Lipinski definition) is 5. The summed E-state index contributed by atoms with van der Waals surface area (Å²) in [6.45, 7) is 1.82. The predicted octanol–water partition coefficient (Wildman–Crippen LogP) is 2.96. The first-order valence-corrected chi connectivity index (χ1v) is 10.2. The zero-order chi connectivity index (χ0) is 22.4. The number of hydrogen-bond donors (Lipinski definition) is 1. The largest absolute Gasteiger partial charge is 0.490 e. The summed E-state index contributed by atoms with van der Waals surface area (Å²) in [4.78, 5) is 28.1. The molecule has 0 radical (unpaired) electrons. The number of aromatic nitrogens is 1. The van der Waals surface area contributed by atoms with Crippen molar-refractivity contribution in [2.75, 3.05) is 13.2 Å². The van der Waals surface area contributed by atoms with Crippen LogP contribution >= 0.6 is 0 Å². The van der Waals surface area contributed by atoms with Gasteiger partial charge in [-0.25, -0.2) is 4.79 Å². The molecule has 3 aliphatic rings.